The highest BCUT2D eigenvalue weighted by Crippen LogP contribution is 2.54. The minimum atomic E-state index is 0.114. The average Bonchev–Trinajstić information content (AvgIpc) is 1.58. The van der Waals surface area contributed by atoms with Gasteiger partial charge >= 0.3 is 0 Å². The summed E-state index contributed by atoms with van der Waals surface area (Å²) in [6.45, 7) is 18.4. The number of rotatable bonds is 24. The molecule has 0 radical (unpaired) electrons. The van der Waals surface area contributed by atoms with E-state index in [1.807, 2.05) is 94.1 Å². The number of nitrogens with one attached hydrogen (secondary N) is 2. The fourth-order valence-electron chi connectivity index (χ4n) is 14.4. The minimum absolute atomic E-state index is 0.114. The zero-order valence-electron chi connectivity index (χ0n) is 63.3. The summed E-state index contributed by atoms with van der Waals surface area (Å²) in [7, 11) is 0. The SMILES string of the molecule is C[C@@H](Sc1cc2c(cc1S[C@H](C)c1ccccc1)-c1nc-2nc2[nH]c(nc3nc(nc4[nH]c(n1)c1cc(S[C@H](C)c5ccccc5)c(S[C@H](C)c5ccccc5)cc41)-c1cc(S[C@H](C)c4ccccc4)c(S[C@H](C)c4ccccc4)cc1-3)c1cc(S[C@H](C)c3ccccc3)c(S[C@H](C)c3ccccc3)cc21)c1ccccc1. The molecule has 3 aromatic heterocycles. The molecule has 0 saturated heterocycles. The second kappa shape index (κ2) is 33.9. The molecule has 0 unspecified atom stereocenters. The largest absolute Gasteiger partial charge is 0.324 e. The Morgan fingerprint density at radius 2 is 0.330 bits per heavy atom. The van der Waals surface area contributed by atoms with Gasteiger partial charge in [-0.05, 0) is 148 Å². The third-order valence-electron chi connectivity index (χ3n) is 20.7. The molecule has 554 valence electrons. The standard InChI is InChI=1S/C96H82N8S8/c1-57(65-33-17-9-18-34-65)105-81-49-73-74(50-82(81)106-58(2)66-35-19-10-20-36-66)90-97-89(73)101-91-75-51-83(107-59(3)67-37-21-11-22-38-67)84(108-60(4)68-39-23-12-24-40-68)52-76(75)93(98-91)103-95-79-55-87(111-63(7)71-45-29-15-30-46-71)88(112-64(8)72-47-31-16-32-48-72)56-80(79)96(100-95)104-94-78-54-86(110-62(6)70-43-27-14-28-44-70)85(53-77(78)92(99-94)102-90)109-61(5)69-41-25-13-26-42-69/h9-64H,1-8H3,(H2,97,98,99,100,101,102,103,104)/t57-,58-,59-,60-,61-,62-,63-,64-/m1/s1. The van der Waals surface area contributed by atoms with Crippen LogP contribution in [-0.2, 0) is 0 Å². The molecule has 2 N–H and O–H groups in total. The fraction of sp³-hybridized carbons (Fsp3) is 0.167. The van der Waals surface area contributed by atoms with E-state index >= 15 is 0 Å². The Balaban J connectivity index is 0.973. The van der Waals surface area contributed by atoms with Gasteiger partial charge in [0.2, 0.25) is 0 Å². The fourth-order valence-corrected chi connectivity index (χ4v) is 23.8. The van der Waals surface area contributed by atoms with E-state index in [4.69, 9.17) is 29.9 Å². The van der Waals surface area contributed by atoms with Crippen LogP contribution in [0.1, 0.15) is 142 Å². The number of benzene rings is 12. The highest BCUT2D eigenvalue weighted by atomic mass is 32.2. The molecular formula is C96H82N8S8. The van der Waals surface area contributed by atoms with Crippen LogP contribution in [0.5, 0.6) is 0 Å². The van der Waals surface area contributed by atoms with Gasteiger partial charge in [-0.15, -0.1) is 94.1 Å². The number of aromatic nitrogens is 8. The van der Waals surface area contributed by atoms with E-state index in [-0.39, 0.29) is 42.0 Å². The van der Waals surface area contributed by atoms with Crippen molar-refractivity contribution in [2.45, 2.75) is 137 Å². The van der Waals surface area contributed by atoms with Crippen molar-refractivity contribution in [3.8, 4) is 45.6 Å². The Morgan fingerprint density at radius 3 is 0.482 bits per heavy atom. The molecular weight excluding hydrogens is 1520 g/mol. The molecule has 12 aromatic carbocycles. The maximum atomic E-state index is 5.88. The summed E-state index contributed by atoms with van der Waals surface area (Å²) >= 11 is 15.0. The predicted octanol–water partition coefficient (Wildman–Crippen LogP) is 29.7. The Hall–Kier alpha value is -9.20. The van der Waals surface area contributed by atoms with Gasteiger partial charge in [0.1, 0.15) is 22.6 Å². The van der Waals surface area contributed by atoms with E-state index in [1.54, 1.807) is 0 Å². The molecule has 8 bridgehead atoms. The van der Waals surface area contributed by atoms with Crippen molar-refractivity contribution < 1.29 is 0 Å². The molecule has 5 heterocycles. The Morgan fingerprint density at radius 1 is 0.188 bits per heavy atom. The molecule has 8 nitrogen and oxygen atoms in total. The van der Waals surface area contributed by atoms with E-state index in [9.17, 15) is 0 Å². The second-order valence-corrected chi connectivity index (χ2v) is 39.4. The number of aromatic amines is 2. The van der Waals surface area contributed by atoms with Crippen LogP contribution in [0.2, 0.25) is 0 Å². The van der Waals surface area contributed by atoms with Crippen molar-refractivity contribution in [2.75, 3.05) is 0 Å². The van der Waals surface area contributed by atoms with Crippen molar-refractivity contribution in [1.29, 1.82) is 0 Å². The van der Waals surface area contributed by atoms with Crippen LogP contribution in [0, 0.1) is 0 Å². The second-order valence-electron chi connectivity index (χ2n) is 28.4. The van der Waals surface area contributed by atoms with Gasteiger partial charge < -0.3 is 9.97 Å². The van der Waals surface area contributed by atoms with Gasteiger partial charge in [0.25, 0.3) is 0 Å². The highest BCUT2D eigenvalue weighted by molar-refractivity contribution is 8.04. The number of thioether (sulfide) groups is 8. The van der Waals surface area contributed by atoms with Gasteiger partial charge in [0.05, 0.1) is 0 Å². The Labute approximate surface area is 689 Å². The first-order valence-corrected chi connectivity index (χ1v) is 45.1. The van der Waals surface area contributed by atoms with E-state index in [0.717, 1.165) is 83.0 Å². The van der Waals surface area contributed by atoms with Crippen LogP contribution >= 0.6 is 94.1 Å². The van der Waals surface area contributed by atoms with Crippen LogP contribution in [0.4, 0.5) is 0 Å². The van der Waals surface area contributed by atoms with E-state index < -0.39 is 0 Å². The number of hydrogen-bond donors (Lipinski definition) is 2. The average molecular weight is 1600 g/mol. The molecule has 0 spiro atoms. The monoisotopic (exact) mass is 1600 g/mol. The first-order chi connectivity index (χ1) is 54.7. The summed E-state index contributed by atoms with van der Waals surface area (Å²) in [5.41, 5.74) is 16.1. The van der Waals surface area contributed by atoms with E-state index in [1.165, 1.54) is 44.5 Å². The normalized spacial score (nSPS) is 14.1. The van der Waals surface area contributed by atoms with Gasteiger partial charge in [0, 0.05) is 125 Å². The van der Waals surface area contributed by atoms with Gasteiger partial charge in [0.15, 0.2) is 23.3 Å². The van der Waals surface area contributed by atoms with Crippen LogP contribution in [0.25, 0.3) is 89.7 Å². The first kappa shape index (κ1) is 75.5. The minimum Gasteiger partial charge on any atom is -0.324 e. The zero-order chi connectivity index (χ0) is 76.3. The summed E-state index contributed by atoms with van der Waals surface area (Å²) in [5.74, 6) is 2.19. The number of hydrogen-bond acceptors (Lipinski definition) is 14. The summed E-state index contributed by atoms with van der Waals surface area (Å²) < 4.78 is 0. The summed E-state index contributed by atoms with van der Waals surface area (Å²) in [6, 6.07) is 105. The third kappa shape index (κ3) is 16.5. The topological polar surface area (TPSA) is 109 Å². The van der Waals surface area contributed by atoms with Crippen LogP contribution in [-0.4, -0.2) is 39.9 Å². The number of H-pyrrole nitrogens is 2. The summed E-state index contributed by atoms with van der Waals surface area (Å²) in [5, 5.41) is 4.59. The van der Waals surface area contributed by atoms with Crippen molar-refractivity contribution in [1.82, 2.24) is 39.9 Å². The molecule has 15 aromatic rings. The summed E-state index contributed by atoms with van der Waals surface area (Å²) in [6.07, 6.45) is 0. The maximum absolute atomic E-state index is 5.88. The molecule has 17 rings (SSSR count). The molecule has 16 heteroatoms. The van der Waals surface area contributed by atoms with Gasteiger partial charge in [-0.25, -0.2) is 29.9 Å². The number of fused-ring (bicyclic) bond motifs is 20. The predicted molar refractivity (Wildman–Crippen MR) is 482 cm³/mol. The number of nitrogens with zero attached hydrogens (tertiary/aromatic N) is 6. The molecule has 0 aliphatic carbocycles. The molecule has 0 fully saturated rings. The molecule has 2 aliphatic heterocycles. The lowest BCUT2D eigenvalue weighted by molar-refractivity contribution is 1.07. The lowest BCUT2D eigenvalue weighted by Gasteiger charge is -2.19. The van der Waals surface area contributed by atoms with Crippen LogP contribution < -0.4 is 0 Å². The van der Waals surface area contributed by atoms with Gasteiger partial charge in [-0.3, -0.25) is 0 Å². The van der Waals surface area contributed by atoms with Crippen LogP contribution in [0.15, 0.2) is 330 Å². The third-order valence-corrected chi connectivity index (χ3v) is 30.9. The van der Waals surface area contributed by atoms with Gasteiger partial charge in [-0.2, -0.15) is 0 Å². The van der Waals surface area contributed by atoms with Crippen molar-refractivity contribution in [3.63, 3.8) is 0 Å². The van der Waals surface area contributed by atoms with Crippen molar-refractivity contribution >= 4 is 138 Å². The lowest BCUT2D eigenvalue weighted by atomic mass is 10.1. The molecule has 112 heavy (non-hydrogen) atoms. The van der Waals surface area contributed by atoms with Crippen molar-refractivity contribution in [3.05, 3.63) is 336 Å². The van der Waals surface area contributed by atoms with Crippen molar-refractivity contribution in [2.24, 2.45) is 0 Å². The highest BCUT2D eigenvalue weighted by Gasteiger charge is 2.30. The van der Waals surface area contributed by atoms with Crippen LogP contribution in [0.3, 0.4) is 0 Å². The molecule has 2 aliphatic rings. The smallest absolute Gasteiger partial charge is 0.164 e. The van der Waals surface area contributed by atoms with E-state index in [0.29, 0.717) is 45.9 Å². The zero-order valence-corrected chi connectivity index (χ0v) is 69.8. The molecule has 0 amide bonds. The maximum Gasteiger partial charge on any atom is 0.164 e. The molecule has 0 saturated carbocycles. The van der Waals surface area contributed by atoms with Gasteiger partial charge in [-0.1, -0.05) is 243 Å². The lowest BCUT2D eigenvalue weighted by Crippen LogP contribution is -1.94. The summed E-state index contributed by atoms with van der Waals surface area (Å²) in [4.78, 5) is 52.0. The quantitative estimate of drug-likeness (QED) is 0.0560. The Kier molecular flexibility index (Phi) is 22.8. The first-order valence-electron chi connectivity index (χ1n) is 38.0. The molecule has 8 atom stereocenters. The Bertz CT molecular complexity index is 5330. The van der Waals surface area contributed by atoms with E-state index in [2.05, 4.69) is 357 Å².